The molecule has 0 N–H and O–H groups in total. The second kappa shape index (κ2) is 9.83. The summed E-state index contributed by atoms with van der Waals surface area (Å²) in [5, 5.41) is 0. The number of pyridine rings is 1. The van der Waals surface area contributed by atoms with Gasteiger partial charge in [0.15, 0.2) is 0 Å². The molecule has 0 aliphatic rings. The Bertz CT molecular complexity index is 820. The highest BCUT2D eigenvalue weighted by Crippen LogP contribution is 2.22. The first-order chi connectivity index (χ1) is 13.2. The smallest absolute Gasteiger partial charge is 0.233 e. The highest BCUT2D eigenvalue weighted by atomic mass is 32.2. The van der Waals surface area contributed by atoms with E-state index >= 15 is 0 Å². The second-order valence-electron chi connectivity index (χ2n) is 5.88. The minimum atomic E-state index is 0.0501. The first-order valence-electron chi connectivity index (χ1n) is 8.79. The van der Waals surface area contributed by atoms with Crippen LogP contribution in [0, 0.1) is 0 Å². The SMILES string of the molecule is CCOc1ccc(SCC(=O)N(Cc2cccnc2)Cc2ccco2)cc1. The first-order valence-corrected chi connectivity index (χ1v) is 9.78. The van der Waals surface area contributed by atoms with E-state index in [1.54, 1.807) is 23.6 Å². The van der Waals surface area contributed by atoms with Gasteiger partial charge < -0.3 is 14.1 Å². The van der Waals surface area contributed by atoms with Gasteiger partial charge in [0, 0.05) is 23.8 Å². The van der Waals surface area contributed by atoms with Crippen molar-refractivity contribution in [1.82, 2.24) is 9.88 Å². The maximum atomic E-state index is 12.8. The normalized spacial score (nSPS) is 10.6. The lowest BCUT2D eigenvalue weighted by molar-refractivity contribution is -0.129. The number of benzene rings is 1. The van der Waals surface area contributed by atoms with Crippen LogP contribution in [-0.4, -0.2) is 28.2 Å². The molecule has 2 aromatic heterocycles. The van der Waals surface area contributed by atoms with Crippen LogP contribution in [0.4, 0.5) is 0 Å². The third kappa shape index (κ3) is 5.89. The average molecular weight is 382 g/mol. The van der Waals surface area contributed by atoms with Crippen molar-refractivity contribution in [1.29, 1.82) is 0 Å². The molecule has 140 valence electrons. The van der Waals surface area contributed by atoms with E-state index in [2.05, 4.69) is 4.98 Å². The van der Waals surface area contributed by atoms with Crippen molar-refractivity contribution in [3.05, 3.63) is 78.5 Å². The Labute approximate surface area is 163 Å². The molecular weight excluding hydrogens is 360 g/mol. The highest BCUT2D eigenvalue weighted by Gasteiger charge is 2.16. The van der Waals surface area contributed by atoms with Crippen molar-refractivity contribution < 1.29 is 13.9 Å². The molecule has 0 spiro atoms. The van der Waals surface area contributed by atoms with Crippen molar-refractivity contribution in [2.75, 3.05) is 12.4 Å². The average Bonchev–Trinajstić information content (AvgIpc) is 3.21. The van der Waals surface area contributed by atoms with Gasteiger partial charge in [-0.15, -0.1) is 11.8 Å². The van der Waals surface area contributed by atoms with Crippen LogP contribution in [0.1, 0.15) is 18.2 Å². The van der Waals surface area contributed by atoms with E-state index in [4.69, 9.17) is 9.15 Å². The van der Waals surface area contributed by atoms with E-state index < -0.39 is 0 Å². The number of carbonyl (C=O) groups is 1. The Morgan fingerprint density at radius 1 is 1.15 bits per heavy atom. The van der Waals surface area contributed by atoms with E-state index in [1.165, 1.54) is 11.8 Å². The molecule has 0 bridgehead atoms. The van der Waals surface area contributed by atoms with Gasteiger partial charge in [-0.2, -0.15) is 0 Å². The van der Waals surface area contributed by atoms with Crippen molar-refractivity contribution in [3.63, 3.8) is 0 Å². The van der Waals surface area contributed by atoms with E-state index in [0.717, 1.165) is 22.0 Å². The van der Waals surface area contributed by atoms with Gasteiger partial charge >= 0.3 is 0 Å². The molecule has 27 heavy (non-hydrogen) atoms. The fourth-order valence-corrected chi connectivity index (χ4v) is 3.37. The lowest BCUT2D eigenvalue weighted by Gasteiger charge is -2.21. The van der Waals surface area contributed by atoms with Crippen LogP contribution in [0.2, 0.25) is 0 Å². The van der Waals surface area contributed by atoms with Gasteiger partial charge in [0.05, 0.1) is 25.2 Å². The maximum absolute atomic E-state index is 12.8. The Morgan fingerprint density at radius 2 is 2.00 bits per heavy atom. The molecule has 0 unspecified atom stereocenters. The number of carbonyl (C=O) groups excluding carboxylic acids is 1. The Balaban J connectivity index is 1.62. The Morgan fingerprint density at radius 3 is 2.67 bits per heavy atom. The zero-order valence-corrected chi connectivity index (χ0v) is 16.0. The monoisotopic (exact) mass is 382 g/mol. The number of aromatic nitrogens is 1. The van der Waals surface area contributed by atoms with Gasteiger partial charge in [-0.25, -0.2) is 0 Å². The molecule has 0 radical (unpaired) electrons. The summed E-state index contributed by atoms with van der Waals surface area (Å²) >= 11 is 1.51. The van der Waals surface area contributed by atoms with E-state index in [-0.39, 0.29) is 5.91 Å². The van der Waals surface area contributed by atoms with Crippen molar-refractivity contribution in [2.24, 2.45) is 0 Å². The van der Waals surface area contributed by atoms with Gasteiger partial charge in [0.2, 0.25) is 5.91 Å². The minimum Gasteiger partial charge on any atom is -0.494 e. The van der Waals surface area contributed by atoms with Crippen LogP contribution in [0.15, 0.2) is 76.5 Å². The molecule has 5 nitrogen and oxygen atoms in total. The fraction of sp³-hybridized carbons (Fsp3) is 0.238. The van der Waals surface area contributed by atoms with Gasteiger partial charge in [-0.05, 0) is 55.0 Å². The van der Waals surface area contributed by atoms with E-state index in [9.17, 15) is 4.79 Å². The number of furan rings is 1. The third-order valence-corrected chi connectivity index (χ3v) is 4.87. The van der Waals surface area contributed by atoms with Crippen LogP contribution in [0.25, 0.3) is 0 Å². The van der Waals surface area contributed by atoms with Gasteiger partial charge in [0.25, 0.3) is 0 Å². The number of ether oxygens (including phenoxy) is 1. The molecule has 2 heterocycles. The van der Waals surface area contributed by atoms with Crippen LogP contribution >= 0.6 is 11.8 Å². The summed E-state index contributed by atoms with van der Waals surface area (Å²) in [6.07, 6.45) is 5.13. The molecule has 3 aromatic rings. The number of hydrogen-bond acceptors (Lipinski definition) is 5. The van der Waals surface area contributed by atoms with Crippen LogP contribution < -0.4 is 4.74 Å². The predicted octanol–water partition coefficient (Wildman–Crippen LogP) is 4.39. The molecule has 0 saturated heterocycles. The zero-order valence-electron chi connectivity index (χ0n) is 15.2. The zero-order chi connectivity index (χ0) is 18.9. The first kappa shape index (κ1) is 19.0. The molecule has 0 atom stereocenters. The van der Waals surface area contributed by atoms with Gasteiger partial charge in [-0.1, -0.05) is 6.07 Å². The van der Waals surface area contributed by atoms with Crippen molar-refractivity contribution in [3.8, 4) is 5.75 Å². The van der Waals surface area contributed by atoms with Gasteiger partial charge in [0.1, 0.15) is 11.5 Å². The molecular formula is C21H22N2O3S. The molecule has 0 aliphatic carbocycles. The predicted molar refractivity (Wildman–Crippen MR) is 106 cm³/mol. The number of thioether (sulfide) groups is 1. The summed E-state index contributed by atoms with van der Waals surface area (Å²) in [4.78, 5) is 19.8. The third-order valence-electron chi connectivity index (χ3n) is 3.87. The quantitative estimate of drug-likeness (QED) is 0.514. The molecule has 1 aromatic carbocycles. The molecule has 0 fully saturated rings. The molecule has 0 aliphatic heterocycles. The Kier molecular flexibility index (Phi) is 6.93. The topological polar surface area (TPSA) is 55.6 Å². The lowest BCUT2D eigenvalue weighted by Crippen LogP contribution is -2.31. The largest absolute Gasteiger partial charge is 0.494 e. The highest BCUT2D eigenvalue weighted by molar-refractivity contribution is 8.00. The van der Waals surface area contributed by atoms with Crippen LogP contribution in [0.5, 0.6) is 5.75 Å². The number of rotatable bonds is 9. The minimum absolute atomic E-state index is 0.0501. The van der Waals surface area contributed by atoms with E-state index in [1.807, 2.05) is 55.5 Å². The van der Waals surface area contributed by atoms with Crippen molar-refractivity contribution in [2.45, 2.75) is 24.9 Å². The number of nitrogens with zero attached hydrogens (tertiary/aromatic N) is 2. The molecule has 6 heteroatoms. The Hall–Kier alpha value is -2.73. The summed E-state index contributed by atoms with van der Waals surface area (Å²) in [7, 11) is 0. The molecule has 1 amide bonds. The summed E-state index contributed by atoms with van der Waals surface area (Å²) in [6.45, 7) is 3.53. The molecule has 3 rings (SSSR count). The van der Waals surface area contributed by atoms with Crippen molar-refractivity contribution >= 4 is 17.7 Å². The van der Waals surface area contributed by atoms with Gasteiger partial charge in [-0.3, -0.25) is 9.78 Å². The summed E-state index contributed by atoms with van der Waals surface area (Å²) < 4.78 is 10.9. The number of hydrogen-bond donors (Lipinski definition) is 0. The summed E-state index contributed by atoms with van der Waals surface area (Å²) in [6, 6.07) is 15.3. The summed E-state index contributed by atoms with van der Waals surface area (Å²) in [5.74, 6) is 2.01. The second-order valence-corrected chi connectivity index (χ2v) is 6.93. The number of amides is 1. The lowest BCUT2D eigenvalue weighted by atomic mass is 10.2. The fourth-order valence-electron chi connectivity index (χ4n) is 2.57. The van der Waals surface area contributed by atoms with Crippen LogP contribution in [-0.2, 0) is 17.9 Å². The standard InChI is InChI=1S/C21H22N2O3S/c1-2-25-18-7-9-20(10-8-18)27-16-21(24)23(15-19-6-4-12-26-19)14-17-5-3-11-22-13-17/h3-13H,2,14-16H2,1H3. The van der Waals surface area contributed by atoms with Crippen LogP contribution in [0.3, 0.4) is 0 Å². The molecule has 0 saturated carbocycles. The summed E-state index contributed by atoms with van der Waals surface area (Å²) in [5.41, 5.74) is 0.989. The maximum Gasteiger partial charge on any atom is 0.233 e. The van der Waals surface area contributed by atoms with E-state index in [0.29, 0.717) is 25.4 Å².